The number of carbonyl (C=O) groups excluding carboxylic acids is 1. The van der Waals surface area contributed by atoms with Crippen LogP contribution in [-0.2, 0) is 14.3 Å². The normalized spacial score (nSPS) is 19.3. The van der Waals surface area contributed by atoms with Crippen LogP contribution in [0.15, 0.2) is 0 Å². The molecule has 1 saturated heterocycles. The molecule has 6 heteroatoms. The molecule has 0 atom stereocenters. The van der Waals surface area contributed by atoms with Gasteiger partial charge < -0.3 is 20.3 Å². The minimum atomic E-state index is -1.09. The molecule has 1 amide bonds. The number of ether oxygens (including phenoxy) is 1. The lowest BCUT2D eigenvalue weighted by atomic mass is 9.89. The van der Waals surface area contributed by atoms with Crippen molar-refractivity contribution in [3.8, 4) is 0 Å². The van der Waals surface area contributed by atoms with Crippen LogP contribution in [0.1, 0.15) is 33.1 Å². The third-order valence-corrected chi connectivity index (χ3v) is 3.22. The zero-order valence-electron chi connectivity index (χ0n) is 10.9. The van der Waals surface area contributed by atoms with Crippen LogP contribution in [0, 0.1) is 5.41 Å². The monoisotopic (exact) mass is 259 g/mol. The molecule has 18 heavy (non-hydrogen) atoms. The van der Waals surface area contributed by atoms with E-state index in [1.165, 1.54) is 13.8 Å². The lowest BCUT2D eigenvalue weighted by Gasteiger charge is -2.32. The van der Waals surface area contributed by atoms with Crippen molar-refractivity contribution in [3.05, 3.63) is 0 Å². The lowest BCUT2D eigenvalue weighted by Crippen LogP contribution is -2.47. The van der Waals surface area contributed by atoms with E-state index in [2.05, 4.69) is 5.32 Å². The Kier molecular flexibility index (Phi) is 4.70. The van der Waals surface area contributed by atoms with E-state index in [0.717, 1.165) is 0 Å². The number of aliphatic hydroxyl groups is 1. The van der Waals surface area contributed by atoms with Gasteiger partial charge in [-0.3, -0.25) is 9.59 Å². The molecule has 0 spiro atoms. The van der Waals surface area contributed by atoms with Crippen LogP contribution in [-0.4, -0.2) is 47.4 Å². The second-order valence-electron chi connectivity index (χ2n) is 5.48. The third kappa shape index (κ3) is 4.27. The van der Waals surface area contributed by atoms with Crippen LogP contribution in [0.3, 0.4) is 0 Å². The van der Waals surface area contributed by atoms with Gasteiger partial charge in [-0.15, -0.1) is 0 Å². The van der Waals surface area contributed by atoms with Crippen molar-refractivity contribution in [2.45, 2.75) is 38.7 Å². The van der Waals surface area contributed by atoms with Crippen molar-refractivity contribution in [1.82, 2.24) is 5.32 Å². The highest BCUT2D eigenvalue weighted by atomic mass is 16.5. The van der Waals surface area contributed by atoms with E-state index in [1.54, 1.807) is 0 Å². The SMILES string of the molecule is CC(C)(CC(=O)NCC1(O)CCOCC1)C(=O)O. The predicted molar refractivity (Wildman–Crippen MR) is 64.0 cm³/mol. The summed E-state index contributed by atoms with van der Waals surface area (Å²) in [4.78, 5) is 22.5. The zero-order valence-corrected chi connectivity index (χ0v) is 10.9. The second kappa shape index (κ2) is 5.67. The number of amides is 1. The van der Waals surface area contributed by atoms with Gasteiger partial charge in [-0.25, -0.2) is 0 Å². The average Bonchev–Trinajstić information content (AvgIpc) is 2.27. The molecule has 0 saturated carbocycles. The Labute approximate surface area is 106 Å². The van der Waals surface area contributed by atoms with Crippen molar-refractivity contribution in [2.24, 2.45) is 5.41 Å². The molecule has 1 aliphatic rings. The topological polar surface area (TPSA) is 95.9 Å². The molecule has 1 rings (SSSR count). The molecular formula is C12H21NO5. The highest BCUT2D eigenvalue weighted by Gasteiger charge is 2.33. The third-order valence-electron chi connectivity index (χ3n) is 3.22. The molecule has 0 radical (unpaired) electrons. The minimum absolute atomic E-state index is 0.102. The summed E-state index contributed by atoms with van der Waals surface area (Å²) in [5.41, 5.74) is -2.02. The maximum absolute atomic E-state index is 11.6. The quantitative estimate of drug-likeness (QED) is 0.653. The van der Waals surface area contributed by atoms with E-state index in [0.29, 0.717) is 26.1 Å². The summed E-state index contributed by atoms with van der Waals surface area (Å²) < 4.78 is 5.13. The molecule has 3 N–H and O–H groups in total. The first-order valence-electron chi connectivity index (χ1n) is 6.05. The molecule has 0 aliphatic carbocycles. The molecule has 0 unspecified atom stereocenters. The Hall–Kier alpha value is -1.14. The van der Waals surface area contributed by atoms with Crippen molar-refractivity contribution < 1.29 is 24.5 Å². The number of aliphatic carboxylic acids is 1. The largest absolute Gasteiger partial charge is 0.481 e. The van der Waals surface area contributed by atoms with Gasteiger partial charge in [0.25, 0.3) is 0 Å². The standard InChI is InChI=1S/C12H21NO5/c1-11(2,10(15)16)7-9(14)13-8-12(17)3-5-18-6-4-12/h17H,3-8H2,1-2H3,(H,13,14)(H,15,16). The Morgan fingerprint density at radius 1 is 1.33 bits per heavy atom. The lowest BCUT2D eigenvalue weighted by molar-refractivity contribution is -0.149. The fourth-order valence-electron chi connectivity index (χ4n) is 1.73. The van der Waals surface area contributed by atoms with Gasteiger partial charge in [0.2, 0.25) is 5.91 Å². The van der Waals surface area contributed by atoms with Crippen LogP contribution in [0.2, 0.25) is 0 Å². The number of carbonyl (C=O) groups is 2. The summed E-state index contributed by atoms with van der Waals surface area (Å²) in [5.74, 6) is -1.37. The molecule has 6 nitrogen and oxygen atoms in total. The van der Waals surface area contributed by atoms with Crippen LogP contribution < -0.4 is 5.32 Å². The molecule has 0 bridgehead atoms. The fourth-order valence-corrected chi connectivity index (χ4v) is 1.73. The number of hydrogen-bond donors (Lipinski definition) is 3. The summed E-state index contributed by atoms with van der Waals surface area (Å²) in [6.07, 6.45) is 0.861. The maximum atomic E-state index is 11.6. The van der Waals surface area contributed by atoms with Crippen molar-refractivity contribution >= 4 is 11.9 Å². The summed E-state index contributed by atoms with van der Waals surface area (Å²) in [6, 6.07) is 0. The highest BCUT2D eigenvalue weighted by molar-refractivity contribution is 5.84. The first kappa shape index (κ1) is 14.9. The number of hydrogen-bond acceptors (Lipinski definition) is 4. The van der Waals surface area contributed by atoms with E-state index in [-0.39, 0.29) is 18.9 Å². The molecule has 0 aromatic carbocycles. The van der Waals surface area contributed by atoms with E-state index in [4.69, 9.17) is 9.84 Å². The molecular weight excluding hydrogens is 238 g/mol. The molecule has 0 aromatic heterocycles. The van der Waals surface area contributed by atoms with Crippen LogP contribution in [0.5, 0.6) is 0 Å². The van der Waals surface area contributed by atoms with Gasteiger partial charge in [0.15, 0.2) is 0 Å². The van der Waals surface area contributed by atoms with Crippen molar-refractivity contribution in [1.29, 1.82) is 0 Å². The molecule has 1 aliphatic heterocycles. The predicted octanol–water partition coefficient (Wildman–Crippen LogP) is 0.145. The van der Waals surface area contributed by atoms with E-state index in [1.807, 2.05) is 0 Å². The molecule has 1 fully saturated rings. The van der Waals surface area contributed by atoms with Gasteiger partial charge in [0.1, 0.15) is 0 Å². The number of rotatable bonds is 5. The summed E-state index contributed by atoms with van der Waals surface area (Å²) in [7, 11) is 0. The van der Waals surface area contributed by atoms with Gasteiger partial charge in [0.05, 0.1) is 11.0 Å². The van der Waals surface area contributed by atoms with Crippen LogP contribution in [0.25, 0.3) is 0 Å². The highest BCUT2D eigenvalue weighted by Crippen LogP contribution is 2.22. The Morgan fingerprint density at radius 2 is 1.89 bits per heavy atom. The van der Waals surface area contributed by atoms with E-state index < -0.39 is 17.0 Å². The summed E-state index contributed by atoms with van der Waals surface area (Å²) in [6.45, 7) is 4.10. The summed E-state index contributed by atoms with van der Waals surface area (Å²) >= 11 is 0. The average molecular weight is 259 g/mol. The van der Waals surface area contributed by atoms with Crippen LogP contribution in [0.4, 0.5) is 0 Å². The van der Waals surface area contributed by atoms with Gasteiger partial charge >= 0.3 is 5.97 Å². The number of carboxylic acids is 1. The fraction of sp³-hybridized carbons (Fsp3) is 0.833. The first-order valence-corrected chi connectivity index (χ1v) is 6.05. The molecule has 1 heterocycles. The zero-order chi connectivity index (χ0) is 13.8. The minimum Gasteiger partial charge on any atom is -0.481 e. The van der Waals surface area contributed by atoms with E-state index >= 15 is 0 Å². The van der Waals surface area contributed by atoms with E-state index in [9.17, 15) is 14.7 Å². The van der Waals surface area contributed by atoms with Gasteiger partial charge in [0, 0.05) is 39.0 Å². The van der Waals surface area contributed by atoms with Crippen molar-refractivity contribution in [2.75, 3.05) is 19.8 Å². The molecule has 104 valence electrons. The number of nitrogens with one attached hydrogen (secondary N) is 1. The first-order chi connectivity index (χ1) is 8.25. The van der Waals surface area contributed by atoms with Gasteiger partial charge in [-0.1, -0.05) is 0 Å². The summed E-state index contributed by atoms with van der Waals surface area (Å²) in [5, 5.41) is 21.6. The smallest absolute Gasteiger partial charge is 0.309 e. The Balaban J connectivity index is 2.39. The second-order valence-corrected chi connectivity index (χ2v) is 5.48. The maximum Gasteiger partial charge on any atom is 0.309 e. The van der Waals surface area contributed by atoms with Gasteiger partial charge in [-0.2, -0.15) is 0 Å². The van der Waals surface area contributed by atoms with Crippen LogP contribution >= 0.6 is 0 Å². The number of carboxylic acid groups (broad SMARTS) is 1. The Bertz CT molecular complexity index is 320. The molecule has 0 aromatic rings. The van der Waals surface area contributed by atoms with Gasteiger partial charge in [-0.05, 0) is 13.8 Å². The Morgan fingerprint density at radius 3 is 2.39 bits per heavy atom. The van der Waals surface area contributed by atoms with Crippen molar-refractivity contribution in [3.63, 3.8) is 0 Å².